The van der Waals surface area contributed by atoms with Gasteiger partial charge in [0.05, 0.1) is 6.61 Å². The van der Waals surface area contributed by atoms with E-state index in [4.69, 9.17) is 4.74 Å². The van der Waals surface area contributed by atoms with E-state index < -0.39 is 0 Å². The third-order valence-corrected chi connectivity index (χ3v) is 7.24. The summed E-state index contributed by atoms with van der Waals surface area (Å²) in [4.78, 5) is 0. The van der Waals surface area contributed by atoms with E-state index in [2.05, 4.69) is 121 Å². The number of nitrogens with one attached hydrogen (secondary N) is 1. The molecule has 0 saturated carbocycles. The van der Waals surface area contributed by atoms with Crippen LogP contribution in [0.4, 0.5) is 0 Å². The van der Waals surface area contributed by atoms with Gasteiger partial charge in [-0.25, -0.2) is 0 Å². The monoisotopic (exact) mass is 447 g/mol. The molecule has 4 aromatic carbocycles. The molecule has 0 aromatic heterocycles. The Morgan fingerprint density at radius 3 is 1.56 bits per heavy atom. The van der Waals surface area contributed by atoms with Crippen molar-refractivity contribution in [3.05, 3.63) is 138 Å². The molecular formula is C32H33NO. The van der Waals surface area contributed by atoms with E-state index in [1.165, 1.54) is 35.1 Å². The second-order valence-electron chi connectivity index (χ2n) is 9.20. The van der Waals surface area contributed by atoms with Gasteiger partial charge in [-0.3, -0.25) is 0 Å². The molecule has 0 aliphatic carbocycles. The van der Waals surface area contributed by atoms with Crippen molar-refractivity contribution in [3.63, 3.8) is 0 Å². The fraction of sp³-hybridized carbons (Fsp3) is 0.250. The van der Waals surface area contributed by atoms with Crippen molar-refractivity contribution in [2.75, 3.05) is 19.7 Å². The molecule has 1 saturated heterocycles. The Balaban J connectivity index is 1.41. The van der Waals surface area contributed by atoms with Crippen LogP contribution >= 0.6 is 0 Å². The number of benzene rings is 4. The average molecular weight is 448 g/mol. The highest BCUT2D eigenvalue weighted by atomic mass is 16.5. The zero-order chi connectivity index (χ0) is 23.1. The van der Waals surface area contributed by atoms with E-state index in [0.29, 0.717) is 12.5 Å². The zero-order valence-corrected chi connectivity index (χ0v) is 19.7. The molecule has 0 bridgehead atoms. The van der Waals surface area contributed by atoms with Crippen molar-refractivity contribution in [1.29, 1.82) is 0 Å². The molecule has 172 valence electrons. The largest absolute Gasteiger partial charge is 0.494 e. The van der Waals surface area contributed by atoms with E-state index in [0.717, 1.165) is 25.3 Å². The van der Waals surface area contributed by atoms with Crippen LogP contribution < -0.4 is 10.1 Å². The Kier molecular flexibility index (Phi) is 7.07. The standard InChI is InChI=1S/C32H33NO/c1-4-10-28(11-5-1)32(29-12-6-2-7-13-29,30-14-8-3-9-15-30)22-25-34-31-18-16-26(17-19-31)27-20-23-33-24-21-27/h1-19,27,33H,20-25H2. The normalized spacial score (nSPS) is 14.6. The Labute approximate surface area is 203 Å². The van der Waals surface area contributed by atoms with E-state index in [1.54, 1.807) is 0 Å². The Morgan fingerprint density at radius 1 is 0.618 bits per heavy atom. The SMILES string of the molecule is c1ccc(C(CCOc2ccc(C3CCNCC3)cc2)(c2ccccc2)c2ccccc2)cc1. The van der Waals surface area contributed by atoms with Crippen LogP contribution in [0, 0.1) is 0 Å². The first-order valence-corrected chi connectivity index (χ1v) is 12.5. The Hall–Kier alpha value is -3.36. The molecule has 1 aliphatic heterocycles. The van der Waals surface area contributed by atoms with Crippen LogP contribution in [-0.2, 0) is 5.41 Å². The van der Waals surface area contributed by atoms with Crippen LogP contribution in [0.1, 0.15) is 47.4 Å². The summed E-state index contributed by atoms with van der Waals surface area (Å²) in [6.07, 6.45) is 3.28. The lowest BCUT2D eigenvalue weighted by Gasteiger charge is -2.36. The summed E-state index contributed by atoms with van der Waals surface area (Å²) >= 11 is 0. The van der Waals surface area contributed by atoms with E-state index in [1.807, 2.05) is 0 Å². The summed E-state index contributed by atoms with van der Waals surface area (Å²) in [6.45, 7) is 2.86. The molecular weight excluding hydrogens is 414 g/mol. The average Bonchev–Trinajstić information content (AvgIpc) is 2.93. The minimum Gasteiger partial charge on any atom is -0.494 e. The maximum atomic E-state index is 6.36. The molecule has 4 aromatic rings. The summed E-state index contributed by atoms with van der Waals surface area (Å²) in [5, 5.41) is 3.45. The van der Waals surface area contributed by atoms with Gasteiger partial charge in [0.1, 0.15) is 5.75 Å². The maximum Gasteiger partial charge on any atom is 0.119 e. The summed E-state index contributed by atoms with van der Waals surface area (Å²) in [5.74, 6) is 1.61. The molecule has 5 rings (SSSR count). The molecule has 34 heavy (non-hydrogen) atoms. The number of hydrogen-bond acceptors (Lipinski definition) is 2. The first-order valence-electron chi connectivity index (χ1n) is 12.5. The maximum absolute atomic E-state index is 6.36. The molecule has 1 aliphatic rings. The van der Waals surface area contributed by atoms with Crippen LogP contribution in [0.25, 0.3) is 0 Å². The van der Waals surface area contributed by atoms with Gasteiger partial charge in [0.2, 0.25) is 0 Å². The van der Waals surface area contributed by atoms with Crippen LogP contribution in [0.15, 0.2) is 115 Å². The molecule has 1 heterocycles. The topological polar surface area (TPSA) is 21.3 Å². The van der Waals surface area contributed by atoms with Gasteiger partial charge in [0.15, 0.2) is 0 Å². The van der Waals surface area contributed by atoms with Gasteiger partial charge in [-0.05, 0) is 72.7 Å². The highest BCUT2D eigenvalue weighted by Gasteiger charge is 2.36. The number of piperidine rings is 1. The fourth-order valence-corrected chi connectivity index (χ4v) is 5.41. The van der Waals surface area contributed by atoms with Crippen LogP contribution in [-0.4, -0.2) is 19.7 Å². The van der Waals surface area contributed by atoms with Gasteiger partial charge >= 0.3 is 0 Å². The molecule has 2 nitrogen and oxygen atoms in total. The Bertz CT molecular complexity index is 1040. The molecule has 1 fully saturated rings. The third-order valence-electron chi connectivity index (χ3n) is 7.24. The van der Waals surface area contributed by atoms with Gasteiger partial charge in [0, 0.05) is 5.41 Å². The fourth-order valence-electron chi connectivity index (χ4n) is 5.41. The van der Waals surface area contributed by atoms with Gasteiger partial charge < -0.3 is 10.1 Å². The van der Waals surface area contributed by atoms with Crippen molar-refractivity contribution >= 4 is 0 Å². The van der Waals surface area contributed by atoms with Crippen LogP contribution in [0.2, 0.25) is 0 Å². The molecule has 1 N–H and O–H groups in total. The van der Waals surface area contributed by atoms with Crippen molar-refractivity contribution in [1.82, 2.24) is 5.32 Å². The van der Waals surface area contributed by atoms with Crippen molar-refractivity contribution in [3.8, 4) is 5.75 Å². The number of ether oxygens (including phenoxy) is 1. The predicted octanol–water partition coefficient (Wildman–Crippen LogP) is 6.96. The van der Waals surface area contributed by atoms with Gasteiger partial charge in [-0.2, -0.15) is 0 Å². The molecule has 0 atom stereocenters. The molecule has 2 heteroatoms. The highest BCUT2D eigenvalue weighted by Crippen LogP contribution is 2.42. The highest BCUT2D eigenvalue weighted by molar-refractivity contribution is 5.50. The molecule has 0 spiro atoms. The summed E-state index contributed by atoms with van der Waals surface area (Å²) in [5.41, 5.74) is 5.02. The minimum absolute atomic E-state index is 0.279. The van der Waals surface area contributed by atoms with Gasteiger partial charge in [0.25, 0.3) is 0 Å². The van der Waals surface area contributed by atoms with E-state index >= 15 is 0 Å². The molecule has 0 unspecified atom stereocenters. The molecule has 0 amide bonds. The second-order valence-corrected chi connectivity index (χ2v) is 9.20. The Morgan fingerprint density at radius 2 is 1.09 bits per heavy atom. The lowest BCUT2D eigenvalue weighted by atomic mass is 9.67. The predicted molar refractivity (Wildman–Crippen MR) is 141 cm³/mol. The van der Waals surface area contributed by atoms with Gasteiger partial charge in [-0.15, -0.1) is 0 Å². The van der Waals surface area contributed by atoms with Crippen molar-refractivity contribution < 1.29 is 4.74 Å². The summed E-state index contributed by atoms with van der Waals surface area (Å²) < 4.78 is 6.36. The number of rotatable bonds is 8. The second kappa shape index (κ2) is 10.7. The van der Waals surface area contributed by atoms with Crippen molar-refractivity contribution in [2.45, 2.75) is 30.6 Å². The third kappa shape index (κ3) is 4.78. The van der Waals surface area contributed by atoms with E-state index in [9.17, 15) is 0 Å². The molecule has 0 radical (unpaired) electrons. The van der Waals surface area contributed by atoms with Crippen LogP contribution in [0.3, 0.4) is 0 Å². The smallest absolute Gasteiger partial charge is 0.119 e. The van der Waals surface area contributed by atoms with Gasteiger partial charge in [-0.1, -0.05) is 103 Å². The lowest BCUT2D eigenvalue weighted by Crippen LogP contribution is -2.31. The summed E-state index contributed by atoms with van der Waals surface area (Å²) in [6, 6.07) is 41.3. The first kappa shape index (κ1) is 22.4. The number of hydrogen-bond donors (Lipinski definition) is 1. The minimum atomic E-state index is -0.279. The lowest BCUT2D eigenvalue weighted by molar-refractivity contribution is 0.286. The zero-order valence-electron chi connectivity index (χ0n) is 19.7. The first-order chi connectivity index (χ1) is 16.9. The van der Waals surface area contributed by atoms with Crippen LogP contribution in [0.5, 0.6) is 5.75 Å². The summed E-state index contributed by atoms with van der Waals surface area (Å²) in [7, 11) is 0. The quantitative estimate of drug-likeness (QED) is 0.295. The van der Waals surface area contributed by atoms with E-state index in [-0.39, 0.29) is 5.41 Å². The van der Waals surface area contributed by atoms with Crippen molar-refractivity contribution in [2.24, 2.45) is 0 Å².